The summed E-state index contributed by atoms with van der Waals surface area (Å²) in [5, 5.41) is 9.92. The second kappa shape index (κ2) is 9.02. The van der Waals surface area contributed by atoms with Gasteiger partial charge in [-0.05, 0) is 0 Å². The summed E-state index contributed by atoms with van der Waals surface area (Å²) in [6.45, 7) is 2.05. The minimum atomic E-state index is -6.25. The Labute approximate surface area is 156 Å². The fourth-order valence-electron chi connectivity index (χ4n) is 2.19. The third-order valence-electron chi connectivity index (χ3n) is 3.19. The molecule has 1 N–H and O–H groups in total. The van der Waals surface area contributed by atoms with Gasteiger partial charge in [0, 0.05) is 20.8 Å². The largest absolute Gasteiger partial charge is 0.523 e. The van der Waals surface area contributed by atoms with Gasteiger partial charge in [-0.2, -0.15) is 21.6 Å². The predicted octanol–water partition coefficient (Wildman–Crippen LogP) is -0.635. The summed E-state index contributed by atoms with van der Waals surface area (Å²) >= 11 is 0. The Morgan fingerprint density at radius 2 is 1.46 bits per heavy atom. The highest BCUT2D eigenvalue weighted by molar-refractivity contribution is 7.87. The quantitative estimate of drug-likeness (QED) is 0.244. The van der Waals surface area contributed by atoms with Crippen LogP contribution in [0.25, 0.3) is 0 Å². The molecule has 0 amide bonds. The molecule has 1 saturated heterocycles. The molecule has 0 unspecified atom stereocenters. The Bertz CT molecular complexity index is 705. The first-order chi connectivity index (χ1) is 12.7. The number of hydrogen-bond donors (Lipinski definition) is 1. The molecule has 15 heteroatoms. The van der Waals surface area contributed by atoms with E-state index in [1.54, 1.807) is 0 Å². The van der Waals surface area contributed by atoms with E-state index < -0.39 is 70.8 Å². The van der Waals surface area contributed by atoms with Gasteiger partial charge in [0.2, 0.25) is 0 Å². The molecule has 28 heavy (non-hydrogen) atoms. The Kier molecular flexibility index (Phi) is 7.75. The highest BCUT2D eigenvalue weighted by atomic mass is 32.2. The van der Waals surface area contributed by atoms with E-state index in [9.17, 15) is 41.1 Å². The number of aliphatic hydroxyl groups excluding tert-OH is 1. The van der Waals surface area contributed by atoms with Crippen molar-refractivity contribution < 1.29 is 64.2 Å². The summed E-state index contributed by atoms with van der Waals surface area (Å²) < 4.78 is 83.5. The Morgan fingerprint density at radius 1 is 0.964 bits per heavy atom. The van der Waals surface area contributed by atoms with Gasteiger partial charge in [0.1, 0.15) is 12.7 Å². The van der Waals surface area contributed by atoms with Crippen molar-refractivity contribution in [3.63, 3.8) is 0 Å². The maximum absolute atomic E-state index is 12.6. The standard InChI is InChI=1S/C13H17F3O11S/c1-5(17)23-4-8-9(24-6(2)18)10(25-7(3)19)11(12(20)26-8)27-28(21,22)13(14,15)16/h8-12,20H,4H2,1-3H3/t8-,9-,10+,11-,12+/m1/s1. The number of hydrogen-bond acceptors (Lipinski definition) is 11. The van der Waals surface area contributed by atoms with Gasteiger partial charge < -0.3 is 24.1 Å². The van der Waals surface area contributed by atoms with E-state index in [4.69, 9.17) is 14.2 Å². The van der Waals surface area contributed by atoms with E-state index in [0.29, 0.717) is 0 Å². The number of alkyl halides is 3. The van der Waals surface area contributed by atoms with Crippen LogP contribution in [0, 0.1) is 0 Å². The molecule has 0 radical (unpaired) electrons. The molecule has 11 nitrogen and oxygen atoms in total. The van der Waals surface area contributed by atoms with E-state index in [2.05, 4.69) is 8.92 Å². The first-order valence-electron chi connectivity index (χ1n) is 7.46. The summed E-state index contributed by atoms with van der Waals surface area (Å²) in [6, 6.07) is 0. The predicted molar refractivity (Wildman–Crippen MR) is 78.5 cm³/mol. The molecular weight excluding hydrogens is 421 g/mol. The third-order valence-corrected chi connectivity index (χ3v) is 4.23. The van der Waals surface area contributed by atoms with Gasteiger partial charge >= 0.3 is 33.5 Å². The molecule has 1 fully saturated rings. The average Bonchev–Trinajstić information content (AvgIpc) is 2.49. The molecule has 1 rings (SSSR count). The van der Waals surface area contributed by atoms with E-state index in [1.165, 1.54) is 0 Å². The SMILES string of the molecule is CC(=O)OC[C@H]1O[C@H](O)[C@H](OS(=O)(=O)C(F)(F)F)[C@@H](OC(C)=O)[C@@H]1OC(C)=O. The Balaban J connectivity index is 3.29. The third kappa shape index (κ3) is 6.29. The van der Waals surface area contributed by atoms with Crippen LogP contribution in [0.3, 0.4) is 0 Å². The Hall–Kier alpha value is -1.97. The highest BCUT2D eigenvalue weighted by Crippen LogP contribution is 2.33. The zero-order valence-electron chi connectivity index (χ0n) is 14.7. The molecule has 1 heterocycles. The van der Waals surface area contributed by atoms with Crippen LogP contribution in [-0.2, 0) is 47.6 Å². The summed E-state index contributed by atoms with van der Waals surface area (Å²) in [6.07, 6.45) is -10.1. The number of aliphatic hydroxyl groups is 1. The lowest BCUT2D eigenvalue weighted by atomic mass is 9.98. The van der Waals surface area contributed by atoms with Crippen molar-refractivity contribution >= 4 is 28.0 Å². The number of esters is 3. The van der Waals surface area contributed by atoms with Gasteiger partial charge in [0.05, 0.1) is 0 Å². The van der Waals surface area contributed by atoms with Crippen molar-refractivity contribution in [3.8, 4) is 0 Å². The number of carbonyl (C=O) groups excluding carboxylic acids is 3. The van der Waals surface area contributed by atoms with Crippen LogP contribution in [0.4, 0.5) is 13.2 Å². The van der Waals surface area contributed by atoms with Crippen molar-refractivity contribution in [1.82, 2.24) is 0 Å². The molecule has 0 bridgehead atoms. The molecule has 0 aromatic carbocycles. The monoisotopic (exact) mass is 438 g/mol. The second-order valence-corrected chi connectivity index (χ2v) is 7.04. The number of halogens is 3. The summed E-state index contributed by atoms with van der Waals surface area (Å²) in [5.74, 6) is -2.96. The fourth-order valence-corrected chi connectivity index (χ4v) is 2.80. The second-order valence-electron chi connectivity index (χ2n) is 5.48. The molecule has 5 atom stereocenters. The van der Waals surface area contributed by atoms with Crippen molar-refractivity contribution in [3.05, 3.63) is 0 Å². The number of ether oxygens (including phenoxy) is 4. The molecule has 0 aromatic heterocycles. The molecule has 0 aromatic rings. The van der Waals surface area contributed by atoms with Crippen molar-refractivity contribution in [2.24, 2.45) is 0 Å². The van der Waals surface area contributed by atoms with Crippen LogP contribution < -0.4 is 0 Å². The van der Waals surface area contributed by atoms with Crippen LogP contribution in [0.2, 0.25) is 0 Å². The summed E-state index contributed by atoms with van der Waals surface area (Å²) in [5.41, 5.74) is -5.86. The summed E-state index contributed by atoms with van der Waals surface area (Å²) in [4.78, 5) is 33.6. The zero-order chi connectivity index (χ0) is 21.9. The molecule has 1 aliphatic rings. The van der Waals surface area contributed by atoms with Gasteiger partial charge in [-0.25, -0.2) is 0 Å². The summed E-state index contributed by atoms with van der Waals surface area (Å²) in [7, 11) is -6.25. The van der Waals surface area contributed by atoms with Crippen LogP contribution in [0.1, 0.15) is 20.8 Å². The maximum Gasteiger partial charge on any atom is 0.523 e. The minimum Gasteiger partial charge on any atom is -0.463 e. The lowest BCUT2D eigenvalue weighted by Crippen LogP contribution is -2.62. The Morgan fingerprint density at radius 3 is 1.89 bits per heavy atom. The van der Waals surface area contributed by atoms with Gasteiger partial charge in [-0.15, -0.1) is 0 Å². The van der Waals surface area contributed by atoms with Gasteiger partial charge in [0.15, 0.2) is 24.6 Å². The number of carbonyl (C=O) groups is 3. The molecule has 162 valence electrons. The highest BCUT2D eigenvalue weighted by Gasteiger charge is 2.56. The van der Waals surface area contributed by atoms with E-state index in [-0.39, 0.29) is 0 Å². The molecule has 0 spiro atoms. The zero-order valence-corrected chi connectivity index (χ0v) is 15.5. The lowest BCUT2D eigenvalue weighted by Gasteiger charge is -2.42. The van der Waals surface area contributed by atoms with Gasteiger partial charge in [0.25, 0.3) is 0 Å². The van der Waals surface area contributed by atoms with E-state index in [1.807, 2.05) is 0 Å². The van der Waals surface area contributed by atoms with Gasteiger partial charge in [-0.1, -0.05) is 0 Å². The average molecular weight is 438 g/mol. The smallest absolute Gasteiger partial charge is 0.463 e. The lowest BCUT2D eigenvalue weighted by molar-refractivity contribution is -0.288. The first-order valence-corrected chi connectivity index (χ1v) is 8.87. The topological polar surface area (TPSA) is 152 Å². The maximum atomic E-state index is 12.6. The minimum absolute atomic E-state index is 0.666. The molecular formula is C13H17F3O11S. The van der Waals surface area contributed by atoms with Crippen molar-refractivity contribution in [2.75, 3.05) is 6.61 Å². The first kappa shape index (κ1) is 24.1. The van der Waals surface area contributed by atoms with Crippen LogP contribution in [0.5, 0.6) is 0 Å². The normalized spacial score (nSPS) is 28.3. The number of rotatable bonds is 6. The van der Waals surface area contributed by atoms with Crippen LogP contribution in [-0.4, -0.2) is 74.3 Å². The van der Waals surface area contributed by atoms with Crippen molar-refractivity contribution in [2.45, 2.75) is 57.0 Å². The van der Waals surface area contributed by atoms with E-state index in [0.717, 1.165) is 20.8 Å². The van der Waals surface area contributed by atoms with Crippen molar-refractivity contribution in [1.29, 1.82) is 0 Å². The van der Waals surface area contributed by atoms with Crippen LogP contribution in [0.15, 0.2) is 0 Å². The van der Waals surface area contributed by atoms with Crippen LogP contribution >= 0.6 is 0 Å². The fraction of sp³-hybridized carbons (Fsp3) is 0.769. The van der Waals surface area contributed by atoms with E-state index >= 15 is 0 Å². The van der Waals surface area contributed by atoms with Gasteiger partial charge in [-0.3, -0.25) is 18.6 Å². The molecule has 1 aliphatic heterocycles. The molecule has 0 saturated carbocycles. The molecule has 0 aliphatic carbocycles.